The third kappa shape index (κ3) is 3.17. The van der Waals surface area contributed by atoms with Gasteiger partial charge in [0, 0.05) is 5.92 Å². The molecule has 0 unspecified atom stereocenters. The van der Waals surface area contributed by atoms with Crippen molar-refractivity contribution in [2.75, 3.05) is 18.4 Å². The normalized spacial score (nSPS) is 16.8. The molecule has 0 saturated carbocycles. The molecule has 2 heterocycles. The maximum Gasteiger partial charge on any atom is 0.227 e. The molecule has 1 fully saturated rings. The molecule has 1 aromatic heterocycles. The molecule has 92 valence electrons. The van der Waals surface area contributed by atoms with Gasteiger partial charge in [-0.25, -0.2) is 4.98 Å². The van der Waals surface area contributed by atoms with E-state index >= 15 is 0 Å². The van der Waals surface area contributed by atoms with Gasteiger partial charge in [-0.1, -0.05) is 11.6 Å². The van der Waals surface area contributed by atoms with E-state index in [0.717, 1.165) is 37.2 Å². The third-order valence-electron chi connectivity index (χ3n) is 3.05. The highest BCUT2D eigenvalue weighted by atomic mass is 35.5. The molecule has 0 bridgehead atoms. The molecule has 1 saturated heterocycles. The molecule has 0 atom stereocenters. The lowest BCUT2D eigenvalue weighted by atomic mass is 9.97. The lowest BCUT2D eigenvalue weighted by Crippen LogP contribution is -2.34. The monoisotopic (exact) mass is 253 g/mol. The summed E-state index contributed by atoms with van der Waals surface area (Å²) in [4.78, 5) is 16.0. The van der Waals surface area contributed by atoms with Crippen molar-refractivity contribution >= 4 is 23.2 Å². The number of piperidine rings is 1. The first-order valence-corrected chi connectivity index (χ1v) is 6.18. The highest BCUT2D eigenvalue weighted by Crippen LogP contribution is 2.19. The van der Waals surface area contributed by atoms with Gasteiger partial charge in [0.15, 0.2) is 0 Å². The van der Waals surface area contributed by atoms with Gasteiger partial charge in [0.05, 0.1) is 11.9 Å². The van der Waals surface area contributed by atoms with Crippen LogP contribution in [0.25, 0.3) is 0 Å². The lowest BCUT2D eigenvalue weighted by molar-refractivity contribution is -0.120. The summed E-state index contributed by atoms with van der Waals surface area (Å²) in [6, 6.07) is 1.75. The number of halogens is 1. The molecule has 0 radical (unpaired) electrons. The van der Waals surface area contributed by atoms with Crippen LogP contribution in [0, 0.1) is 12.8 Å². The van der Waals surface area contributed by atoms with E-state index in [0.29, 0.717) is 5.15 Å². The van der Waals surface area contributed by atoms with Gasteiger partial charge in [-0.2, -0.15) is 0 Å². The van der Waals surface area contributed by atoms with E-state index < -0.39 is 0 Å². The molecule has 2 N–H and O–H groups in total. The van der Waals surface area contributed by atoms with Crippen LogP contribution >= 0.6 is 11.6 Å². The van der Waals surface area contributed by atoms with Crippen LogP contribution in [0.15, 0.2) is 12.3 Å². The van der Waals surface area contributed by atoms with E-state index in [1.54, 1.807) is 12.3 Å². The first-order valence-electron chi connectivity index (χ1n) is 5.80. The summed E-state index contributed by atoms with van der Waals surface area (Å²) in [7, 11) is 0. The quantitative estimate of drug-likeness (QED) is 0.793. The van der Waals surface area contributed by atoms with Crippen LogP contribution in [0.2, 0.25) is 5.15 Å². The summed E-state index contributed by atoms with van der Waals surface area (Å²) in [5, 5.41) is 6.61. The van der Waals surface area contributed by atoms with Gasteiger partial charge in [-0.15, -0.1) is 0 Å². The maximum atomic E-state index is 12.0. The molecule has 0 aromatic carbocycles. The summed E-state index contributed by atoms with van der Waals surface area (Å²) >= 11 is 5.77. The van der Waals surface area contributed by atoms with E-state index in [1.165, 1.54) is 0 Å². The van der Waals surface area contributed by atoms with Crippen molar-refractivity contribution in [3.05, 3.63) is 23.0 Å². The van der Waals surface area contributed by atoms with Gasteiger partial charge in [-0.3, -0.25) is 4.79 Å². The minimum absolute atomic E-state index is 0.0822. The summed E-state index contributed by atoms with van der Waals surface area (Å²) in [6.07, 6.45) is 3.40. The first-order chi connectivity index (χ1) is 8.16. The van der Waals surface area contributed by atoms with Crippen LogP contribution < -0.4 is 10.6 Å². The first kappa shape index (κ1) is 12.3. The van der Waals surface area contributed by atoms with Crippen LogP contribution in [0.4, 0.5) is 5.69 Å². The predicted octanol–water partition coefficient (Wildman–Crippen LogP) is 1.98. The Labute approximate surface area is 106 Å². The minimum Gasteiger partial charge on any atom is -0.324 e. The second-order valence-corrected chi connectivity index (χ2v) is 4.72. The Morgan fingerprint density at radius 1 is 1.53 bits per heavy atom. The van der Waals surface area contributed by atoms with Crippen molar-refractivity contribution in [1.82, 2.24) is 10.3 Å². The Morgan fingerprint density at radius 2 is 2.24 bits per heavy atom. The SMILES string of the molecule is Cc1cc(Cl)ncc1NC(=O)C1CCNCC1. The number of aromatic nitrogens is 1. The summed E-state index contributed by atoms with van der Waals surface area (Å²) in [6.45, 7) is 3.73. The molecule has 5 heteroatoms. The molecule has 4 nitrogen and oxygen atoms in total. The van der Waals surface area contributed by atoms with Gasteiger partial charge in [0.2, 0.25) is 5.91 Å². The number of amides is 1. The van der Waals surface area contributed by atoms with Gasteiger partial charge < -0.3 is 10.6 Å². The molecular formula is C12H16ClN3O. The van der Waals surface area contributed by atoms with E-state index in [1.807, 2.05) is 6.92 Å². The predicted molar refractivity (Wildman–Crippen MR) is 68.2 cm³/mol. The van der Waals surface area contributed by atoms with Crippen LogP contribution in [-0.4, -0.2) is 24.0 Å². The Hall–Kier alpha value is -1.13. The molecule has 1 aromatic rings. The average molecular weight is 254 g/mol. The van der Waals surface area contributed by atoms with Crippen LogP contribution in [0.1, 0.15) is 18.4 Å². The van der Waals surface area contributed by atoms with Crippen molar-refractivity contribution in [1.29, 1.82) is 0 Å². The maximum absolute atomic E-state index is 12.0. The fraction of sp³-hybridized carbons (Fsp3) is 0.500. The Morgan fingerprint density at radius 3 is 2.88 bits per heavy atom. The zero-order valence-corrected chi connectivity index (χ0v) is 10.5. The van der Waals surface area contributed by atoms with E-state index in [9.17, 15) is 4.79 Å². The van der Waals surface area contributed by atoms with Crippen LogP contribution in [-0.2, 0) is 4.79 Å². The van der Waals surface area contributed by atoms with Gasteiger partial charge in [0.25, 0.3) is 0 Å². The minimum atomic E-state index is 0.0822. The van der Waals surface area contributed by atoms with Crippen molar-refractivity contribution in [3.8, 4) is 0 Å². The number of hydrogen-bond donors (Lipinski definition) is 2. The van der Waals surface area contributed by atoms with E-state index in [-0.39, 0.29) is 11.8 Å². The van der Waals surface area contributed by atoms with Gasteiger partial charge in [-0.05, 0) is 44.5 Å². The number of aryl methyl sites for hydroxylation is 1. The molecular weight excluding hydrogens is 238 g/mol. The summed E-state index contributed by atoms with van der Waals surface area (Å²) < 4.78 is 0. The topological polar surface area (TPSA) is 54.0 Å². The molecule has 2 rings (SSSR count). The Kier molecular flexibility index (Phi) is 3.97. The fourth-order valence-corrected chi connectivity index (χ4v) is 2.18. The van der Waals surface area contributed by atoms with Crippen LogP contribution in [0.5, 0.6) is 0 Å². The number of nitrogens with one attached hydrogen (secondary N) is 2. The van der Waals surface area contributed by atoms with E-state index in [2.05, 4.69) is 15.6 Å². The highest BCUT2D eigenvalue weighted by Gasteiger charge is 2.21. The highest BCUT2D eigenvalue weighted by molar-refractivity contribution is 6.29. The molecule has 1 aliphatic heterocycles. The summed E-state index contributed by atoms with van der Waals surface area (Å²) in [5.74, 6) is 0.185. The second-order valence-electron chi connectivity index (χ2n) is 4.34. The number of anilines is 1. The zero-order chi connectivity index (χ0) is 12.3. The number of hydrogen-bond acceptors (Lipinski definition) is 3. The summed E-state index contributed by atoms with van der Waals surface area (Å²) in [5.41, 5.74) is 1.69. The average Bonchev–Trinajstić information content (AvgIpc) is 2.34. The standard InChI is InChI=1S/C12H16ClN3O/c1-8-6-11(13)15-7-10(8)16-12(17)9-2-4-14-5-3-9/h6-7,9,14H,2-5H2,1H3,(H,16,17). The van der Waals surface area contributed by atoms with Gasteiger partial charge in [0.1, 0.15) is 5.15 Å². The van der Waals surface area contributed by atoms with Crippen molar-refractivity contribution < 1.29 is 4.79 Å². The molecule has 0 aliphatic carbocycles. The number of nitrogens with zero attached hydrogens (tertiary/aromatic N) is 1. The molecule has 17 heavy (non-hydrogen) atoms. The largest absolute Gasteiger partial charge is 0.324 e. The molecule has 1 aliphatic rings. The molecule has 1 amide bonds. The number of rotatable bonds is 2. The lowest BCUT2D eigenvalue weighted by Gasteiger charge is -2.22. The Bertz CT molecular complexity index is 416. The molecule has 0 spiro atoms. The van der Waals surface area contributed by atoms with Crippen LogP contribution in [0.3, 0.4) is 0 Å². The number of carbonyl (C=O) groups excluding carboxylic acids is 1. The van der Waals surface area contributed by atoms with Gasteiger partial charge >= 0.3 is 0 Å². The number of carbonyl (C=O) groups is 1. The third-order valence-corrected chi connectivity index (χ3v) is 3.25. The zero-order valence-electron chi connectivity index (χ0n) is 9.79. The second kappa shape index (κ2) is 5.47. The van der Waals surface area contributed by atoms with E-state index in [4.69, 9.17) is 11.6 Å². The van der Waals surface area contributed by atoms with Crippen molar-refractivity contribution in [3.63, 3.8) is 0 Å². The fourth-order valence-electron chi connectivity index (χ4n) is 1.97. The van der Waals surface area contributed by atoms with Crippen molar-refractivity contribution in [2.24, 2.45) is 5.92 Å². The Balaban J connectivity index is 2.02. The number of pyridine rings is 1. The van der Waals surface area contributed by atoms with Crippen molar-refractivity contribution in [2.45, 2.75) is 19.8 Å². The smallest absolute Gasteiger partial charge is 0.227 e.